The highest BCUT2D eigenvalue weighted by Gasteiger charge is 2.26. The van der Waals surface area contributed by atoms with Crippen LogP contribution in [0.5, 0.6) is 0 Å². The first kappa shape index (κ1) is 24.5. The van der Waals surface area contributed by atoms with Gasteiger partial charge in [0.15, 0.2) is 5.13 Å². The molecule has 2 aliphatic carbocycles. The van der Waals surface area contributed by atoms with Crippen LogP contribution in [0.2, 0.25) is 0 Å². The second-order valence-electron chi connectivity index (χ2n) is 8.88. The summed E-state index contributed by atoms with van der Waals surface area (Å²) in [6.07, 6.45) is 10.2. The lowest BCUT2D eigenvalue weighted by molar-refractivity contribution is -0.133. The quantitative estimate of drug-likeness (QED) is 0.381. The van der Waals surface area contributed by atoms with Crippen molar-refractivity contribution in [1.29, 1.82) is 0 Å². The van der Waals surface area contributed by atoms with E-state index in [1.54, 1.807) is 11.1 Å². The van der Waals surface area contributed by atoms with E-state index in [4.69, 9.17) is 5.11 Å². The number of anilines is 3. The minimum atomic E-state index is -0.897. The summed E-state index contributed by atoms with van der Waals surface area (Å²) in [6.45, 7) is 0.595. The van der Waals surface area contributed by atoms with E-state index in [9.17, 15) is 14.4 Å². The van der Waals surface area contributed by atoms with Crippen molar-refractivity contribution in [2.45, 2.75) is 55.6 Å². The fourth-order valence-electron chi connectivity index (χ4n) is 4.62. The van der Waals surface area contributed by atoms with Crippen molar-refractivity contribution in [3.63, 3.8) is 0 Å². The zero-order valence-electron chi connectivity index (χ0n) is 19.0. The number of carboxylic acid groups (broad SMARTS) is 1. The summed E-state index contributed by atoms with van der Waals surface area (Å²) in [5, 5.41) is 15.2. The third-order valence-electron chi connectivity index (χ3n) is 6.35. The topological polar surface area (TPSA) is 112 Å². The summed E-state index contributed by atoms with van der Waals surface area (Å²) in [7, 11) is 0. The Bertz CT molecular complexity index is 1020. The molecule has 1 aromatic heterocycles. The number of thioether (sulfide) groups is 1. The molecule has 1 heterocycles. The molecule has 0 saturated heterocycles. The molecule has 0 radical (unpaired) electrons. The maximum atomic E-state index is 13.3. The number of nitrogens with one attached hydrogen (secondary N) is 2. The Morgan fingerprint density at radius 1 is 1.09 bits per heavy atom. The minimum Gasteiger partial charge on any atom is -0.481 e. The highest BCUT2D eigenvalue weighted by atomic mass is 32.2. The van der Waals surface area contributed by atoms with Crippen LogP contribution in [0.4, 0.5) is 21.3 Å². The van der Waals surface area contributed by atoms with Crippen molar-refractivity contribution < 1.29 is 19.5 Å². The zero-order valence-corrected chi connectivity index (χ0v) is 20.6. The van der Waals surface area contributed by atoms with Gasteiger partial charge in [0.05, 0.1) is 16.2 Å². The highest BCUT2D eigenvalue weighted by Crippen LogP contribution is 2.32. The molecule has 4 rings (SSSR count). The van der Waals surface area contributed by atoms with Crippen LogP contribution in [-0.4, -0.2) is 40.3 Å². The number of hydrogen-bond acceptors (Lipinski definition) is 6. The first-order chi connectivity index (χ1) is 16.5. The van der Waals surface area contributed by atoms with Gasteiger partial charge < -0.3 is 10.4 Å². The number of benzene rings is 1. The van der Waals surface area contributed by atoms with E-state index >= 15 is 0 Å². The van der Waals surface area contributed by atoms with E-state index in [0.29, 0.717) is 23.3 Å². The number of carbonyl (C=O) groups excluding carboxylic acids is 2. The fourth-order valence-corrected chi connectivity index (χ4v) is 6.20. The molecule has 1 aromatic carbocycles. The summed E-state index contributed by atoms with van der Waals surface area (Å²) in [5.74, 6) is -0.398. The van der Waals surface area contributed by atoms with Crippen LogP contribution in [0, 0.1) is 11.8 Å². The lowest BCUT2D eigenvalue weighted by Crippen LogP contribution is -2.38. The number of rotatable bonds is 9. The lowest BCUT2D eigenvalue weighted by Gasteiger charge is -2.26. The summed E-state index contributed by atoms with van der Waals surface area (Å²) < 4.78 is 0.733. The molecule has 0 spiro atoms. The van der Waals surface area contributed by atoms with Gasteiger partial charge in [-0.05, 0) is 49.8 Å². The van der Waals surface area contributed by atoms with E-state index in [2.05, 4.69) is 15.6 Å². The molecule has 8 nitrogen and oxygen atoms in total. The van der Waals surface area contributed by atoms with Gasteiger partial charge in [-0.2, -0.15) is 0 Å². The second-order valence-corrected chi connectivity index (χ2v) is 11.2. The van der Waals surface area contributed by atoms with E-state index in [1.165, 1.54) is 35.9 Å². The monoisotopic (exact) mass is 502 g/mol. The normalized spacial score (nSPS) is 16.5. The van der Waals surface area contributed by atoms with Crippen molar-refractivity contribution in [2.24, 2.45) is 11.8 Å². The van der Waals surface area contributed by atoms with Crippen LogP contribution in [-0.2, 0) is 9.59 Å². The molecule has 34 heavy (non-hydrogen) atoms. The Morgan fingerprint density at radius 2 is 1.82 bits per heavy atom. The third-order valence-corrected chi connectivity index (χ3v) is 8.44. The van der Waals surface area contributed by atoms with Gasteiger partial charge in [0, 0.05) is 23.8 Å². The number of aliphatic carboxylic acids is 1. The van der Waals surface area contributed by atoms with Crippen LogP contribution < -0.4 is 15.5 Å². The molecule has 0 aliphatic heterocycles. The Balaban J connectivity index is 1.47. The second kappa shape index (κ2) is 11.7. The Hall–Kier alpha value is -2.59. The van der Waals surface area contributed by atoms with Gasteiger partial charge in [-0.3, -0.25) is 19.8 Å². The Morgan fingerprint density at radius 3 is 2.56 bits per heavy atom. The summed E-state index contributed by atoms with van der Waals surface area (Å²) in [5.41, 5.74) is 1.42. The van der Waals surface area contributed by atoms with Gasteiger partial charge in [0.2, 0.25) is 5.91 Å². The standard InChI is InChI=1S/C24H30N4O4S2/c29-20(30)15-33-21-13-25-23(34-21)27-24(32)28(14-16-6-1-2-7-16)19-11-5-10-18(12-19)26-22(31)17-8-3-4-9-17/h5,10-13,16-17H,1-4,6-9,14-15H2,(H,26,31)(H,29,30)(H,25,27,32). The number of carboxylic acids is 1. The largest absolute Gasteiger partial charge is 0.481 e. The van der Waals surface area contributed by atoms with Crippen LogP contribution in [0.25, 0.3) is 0 Å². The van der Waals surface area contributed by atoms with Crippen molar-refractivity contribution in [1.82, 2.24) is 4.98 Å². The number of urea groups is 1. The van der Waals surface area contributed by atoms with Crippen molar-refractivity contribution in [2.75, 3.05) is 27.8 Å². The molecule has 10 heteroatoms. The first-order valence-electron chi connectivity index (χ1n) is 11.8. The number of amides is 3. The molecular weight excluding hydrogens is 472 g/mol. The summed E-state index contributed by atoms with van der Waals surface area (Å²) in [4.78, 5) is 42.7. The first-order valence-corrected chi connectivity index (χ1v) is 13.6. The van der Waals surface area contributed by atoms with Gasteiger partial charge in [-0.25, -0.2) is 9.78 Å². The van der Waals surface area contributed by atoms with Crippen LogP contribution in [0.15, 0.2) is 34.7 Å². The zero-order chi connectivity index (χ0) is 23.9. The minimum absolute atomic E-state index is 0.0515. The van der Waals surface area contributed by atoms with Crippen molar-refractivity contribution in [3.05, 3.63) is 30.5 Å². The average Bonchev–Trinajstić information content (AvgIpc) is 3.59. The van der Waals surface area contributed by atoms with Gasteiger partial charge in [-0.1, -0.05) is 43.1 Å². The number of nitrogens with zero attached hydrogens (tertiary/aromatic N) is 2. The van der Waals surface area contributed by atoms with E-state index in [1.807, 2.05) is 24.3 Å². The third kappa shape index (κ3) is 6.73. The molecule has 2 aliphatic rings. The molecule has 2 saturated carbocycles. The number of carbonyl (C=O) groups is 3. The molecule has 0 atom stereocenters. The molecule has 2 aromatic rings. The van der Waals surface area contributed by atoms with Crippen LogP contribution in [0.1, 0.15) is 51.4 Å². The predicted molar refractivity (Wildman–Crippen MR) is 136 cm³/mol. The highest BCUT2D eigenvalue weighted by molar-refractivity contribution is 8.01. The molecule has 3 N–H and O–H groups in total. The van der Waals surface area contributed by atoms with Crippen LogP contribution >= 0.6 is 23.1 Å². The number of thiazole rings is 1. The van der Waals surface area contributed by atoms with Gasteiger partial charge in [0.25, 0.3) is 0 Å². The van der Waals surface area contributed by atoms with E-state index in [-0.39, 0.29) is 23.6 Å². The predicted octanol–water partition coefficient (Wildman–Crippen LogP) is 5.68. The summed E-state index contributed by atoms with van der Waals surface area (Å²) in [6, 6.07) is 7.18. The Labute approximate surface area is 207 Å². The average molecular weight is 503 g/mol. The molecule has 2 fully saturated rings. The van der Waals surface area contributed by atoms with Gasteiger partial charge >= 0.3 is 12.0 Å². The van der Waals surface area contributed by atoms with E-state index < -0.39 is 5.97 Å². The SMILES string of the molecule is O=C(O)CSc1cnc(NC(=O)N(CC2CCCC2)c2cccc(NC(=O)C3CCCC3)c2)s1. The maximum absolute atomic E-state index is 13.3. The summed E-state index contributed by atoms with van der Waals surface area (Å²) >= 11 is 2.43. The van der Waals surface area contributed by atoms with Gasteiger partial charge in [-0.15, -0.1) is 11.8 Å². The Kier molecular flexibility index (Phi) is 8.44. The van der Waals surface area contributed by atoms with Crippen molar-refractivity contribution >= 4 is 57.5 Å². The molecular formula is C24H30N4O4S2. The molecule has 182 valence electrons. The molecule has 0 bridgehead atoms. The van der Waals surface area contributed by atoms with Gasteiger partial charge in [0.1, 0.15) is 0 Å². The van der Waals surface area contributed by atoms with E-state index in [0.717, 1.165) is 48.4 Å². The molecule has 0 unspecified atom stereocenters. The number of hydrogen-bond donors (Lipinski definition) is 3. The fraction of sp³-hybridized carbons (Fsp3) is 0.500. The lowest BCUT2D eigenvalue weighted by atomic mass is 10.1. The number of aromatic nitrogens is 1. The molecule has 3 amide bonds. The van der Waals surface area contributed by atoms with Crippen molar-refractivity contribution in [3.8, 4) is 0 Å². The maximum Gasteiger partial charge on any atom is 0.328 e. The van der Waals surface area contributed by atoms with Crippen LogP contribution in [0.3, 0.4) is 0 Å². The smallest absolute Gasteiger partial charge is 0.328 e.